The van der Waals surface area contributed by atoms with Gasteiger partial charge in [0.1, 0.15) is 0 Å². The fraction of sp³-hybridized carbons (Fsp3) is 0.385. The molecule has 0 aromatic heterocycles. The quantitative estimate of drug-likeness (QED) is 0.785. The van der Waals surface area contributed by atoms with E-state index >= 15 is 0 Å². The highest BCUT2D eigenvalue weighted by Gasteiger charge is 2.12. The van der Waals surface area contributed by atoms with Crippen LogP contribution in [0.25, 0.3) is 0 Å². The third-order valence-electron chi connectivity index (χ3n) is 2.71. The fourth-order valence-corrected chi connectivity index (χ4v) is 1.85. The van der Waals surface area contributed by atoms with Gasteiger partial charge in [-0.3, -0.25) is 4.79 Å². The zero-order valence-electron chi connectivity index (χ0n) is 10.4. The molecule has 98 valence electrons. The first-order valence-corrected chi connectivity index (χ1v) is 6.43. The molecule has 5 heteroatoms. The van der Waals surface area contributed by atoms with E-state index in [1.807, 2.05) is 4.90 Å². The highest BCUT2D eigenvalue weighted by molar-refractivity contribution is 7.27. The molecule has 1 amide bonds. The lowest BCUT2D eigenvalue weighted by molar-refractivity contribution is -0.127. The molecular weight excluding hydrogens is 249 g/mol. The molecule has 0 aliphatic carbocycles. The van der Waals surface area contributed by atoms with E-state index in [9.17, 15) is 9.59 Å². The first-order chi connectivity index (χ1) is 8.50. The number of rotatable bonds is 1. The Hall–Kier alpha value is -1.41. The highest BCUT2D eigenvalue weighted by Crippen LogP contribution is 2.06. The maximum absolute atomic E-state index is 10.6. The van der Waals surface area contributed by atoms with Gasteiger partial charge in [0, 0.05) is 20.0 Å². The van der Waals surface area contributed by atoms with Crippen molar-refractivity contribution in [3.8, 4) is 0 Å². The number of carboxylic acid groups (broad SMARTS) is 1. The van der Waals surface area contributed by atoms with Crippen LogP contribution in [0.5, 0.6) is 0 Å². The Kier molecular flexibility index (Phi) is 5.79. The predicted octanol–water partition coefficient (Wildman–Crippen LogP) is 1.51. The minimum Gasteiger partial charge on any atom is -0.478 e. The molecule has 0 saturated carbocycles. The number of amides is 1. The molecule has 1 aromatic carbocycles. The third kappa shape index (κ3) is 4.84. The number of carbonyl (C=O) groups excluding carboxylic acids is 1. The topological polar surface area (TPSA) is 57.6 Å². The number of benzene rings is 1. The van der Waals surface area contributed by atoms with Gasteiger partial charge >= 0.3 is 5.97 Å². The van der Waals surface area contributed by atoms with Gasteiger partial charge in [0.15, 0.2) is 0 Å². The second-order valence-electron chi connectivity index (χ2n) is 4.14. The van der Waals surface area contributed by atoms with Gasteiger partial charge in [-0.2, -0.15) is 0 Å². The second-order valence-corrected chi connectivity index (χ2v) is 4.81. The van der Waals surface area contributed by atoms with Gasteiger partial charge in [0.2, 0.25) is 5.91 Å². The summed E-state index contributed by atoms with van der Waals surface area (Å²) < 4.78 is 0. The van der Waals surface area contributed by atoms with Crippen LogP contribution in [-0.2, 0) is 4.79 Å². The standard InChI is InChI=1S/C7H7O2P.C6H11NO/c8-7(9)5-1-3-6(10)4-2-5;1-6(8)7-4-2-3-5-7/h1-4H,10H2,(H,8,9);2-5H2,1H3. The highest BCUT2D eigenvalue weighted by atomic mass is 31.0. The van der Waals surface area contributed by atoms with Crippen LogP contribution < -0.4 is 5.30 Å². The Balaban J connectivity index is 0.000000184. The SMILES string of the molecule is CC(=O)N1CCCC1.O=C(O)c1ccc(P)cc1. The van der Waals surface area contributed by atoms with Crippen molar-refractivity contribution in [2.45, 2.75) is 19.8 Å². The van der Waals surface area contributed by atoms with E-state index in [0.29, 0.717) is 5.56 Å². The summed E-state index contributed by atoms with van der Waals surface area (Å²) in [6.45, 7) is 3.59. The summed E-state index contributed by atoms with van der Waals surface area (Å²) >= 11 is 0. The second kappa shape index (κ2) is 7.12. The first kappa shape index (κ1) is 14.7. The summed E-state index contributed by atoms with van der Waals surface area (Å²) in [7, 11) is 2.49. The minimum absolute atomic E-state index is 0.225. The lowest BCUT2D eigenvalue weighted by Gasteiger charge is -2.10. The number of nitrogens with zero attached hydrogens (tertiary/aromatic N) is 1. The number of carbonyl (C=O) groups is 2. The molecule has 18 heavy (non-hydrogen) atoms. The Labute approximate surface area is 109 Å². The van der Waals surface area contributed by atoms with Crippen molar-refractivity contribution in [1.29, 1.82) is 0 Å². The first-order valence-electron chi connectivity index (χ1n) is 5.85. The van der Waals surface area contributed by atoms with Gasteiger partial charge in [-0.1, -0.05) is 12.1 Å². The molecule has 1 N–H and O–H groups in total. The molecule has 0 spiro atoms. The molecule has 1 aliphatic rings. The van der Waals surface area contributed by atoms with E-state index in [1.165, 1.54) is 12.8 Å². The number of carboxylic acids is 1. The normalized spacial score (nSPS) is 13.8. The monoisotopic (exact) mass is 267 g/mol. The van der Waals surface area contributed by atoms with Crippen LogP contribution in [0, 0.1) is 0 Å². The molecule has 1 aromatic rings. The zero-order chi connectivity index (χ0) is 13.5. The largest absolute Gasteiger partial charge is 0.478 e. The van der Waals surface area contributed by atoms with Crippen molar-refractivity contribution in [1.82, 2.24) is 4.90 Å². The number of hydrogen-bond acceptors (Lipinski definition) is 2. The Bertz CT molecular complexity index is 411. The smallest absolute Gasteiger partial charge is 0.335 e. The van der Waals surface area contributed by atoms with Crippen molar-refractivity contribution in [3.63, 3.8) is 0 Å². The summed E-state index contributed by atoms with van der Waals surface area (Å²) in [6, 6.07) is 6.64. The van der Waals surface area contributed by atoms with Gasteiger partial charge in [-0.15, -0.1) is 9.24 Å². The van der Waals surface area contributed by atoms with Gasteiger partial charge in [0.05, 0.1) is 5.56 Å². The average Bonchev–Trinajstić information content (AvgIpc) is 2.84. The van der Waals surface area contributed by atoms with Gasteiger partial charge in [0.25, 0.3) is 0 Å². The fourth-order valence-electron chi connectivity index (χ4n) is 1.66. The van der Waals surface area contributed by atoms with Crippen molar-refractivity contribution < 1.29 is 14.7 Å². The molecule has 0 bridgehead atoms. The van der Waals surface area contributed by atoms with E-state index in [0.717, 1.165) is 18.4 Å². The molecular formula is C13H18NO3P. The zero-order valence-corrected chi connectivity index (χ0v) is 11.6. The molecule has 1 atom stereocenters. The molecule has 4 nitrogen and oxygen atoms in total. The van der Waals surface area contributed by atoms with E-state index in [4.69, 9.17) is 5.11 Å². The van der Waals surface area contributed by atoms with Crippen LogP contribution in [-0.4, -0.2) is 35.0 Å². The lowest BCUT2D eigenvalue weighted by Crippen LogP contribution is -2.24. The summed E-state index contributed by atoms with van der Waals surface area (Å²) in [5, 5.41) is 9.46. The van der Waals surface area contributed by atoms with Gasteiger partial charge < -0.3 is 10.0 Å². The minimum atomic E-state index is -0.884. The van der Waals surface area contributed by atoms with E-state index < -0.39 is 5.97 Å². The third-order valence-corrected chi connectivity index (χ3v) is 3.09. The van der Waals surface area contributed by atoms with Crippen molar-refractivity contribution >= 4 is 26.4 Å². The van der Waals surface area contributed by atoms with Gasteiger partial charge in [-0.05, 0) is 30.3 Å². The van der Waals surface area contributed by atoms with E-state index in [1.54, 1.807) is 31.2 Å². The molecule has 1 heterocycles. The summed E-state index contributed by atoms with van der Waals surface area (Å²) in [4.78, 5) is 22.8. The molecule has 0 radical (unpaired) electrons. The molecule has 2 rings (SSSR count). The van der Waals surface area contributed by atoms with Crippen LogP contribution in [0.3, 0.4) is 0 Å². The molecule has 1 unspecified atom stereocenters. The number of hydrogen-bond donors (Lipinski definition) is 1. The maximum Gasteiger partial charge on any atom is 0.335 e. The summed E-state index contributed by atoms with van der Waals surface area (Å²) in [5.41, 5.74) is 0.325. The van der Waals surface area contributed by atoms with Crippen LogP contribution in [0.4, 0.5) is 0 Å². The van der Waals surface area contributed by atoms with Crippen molar-refractivity contribution in [2.75, 3.05) is 13.1 Å². The summed E-state index contributed by atoms with van der Waals surface area (Å²) in [6.07, 6.45) is 2.39. The Morgan fingerprint density at radius 1 is 1.17 bits per heavy atom. The van der Waals surface area contributed by atoms with E-state index in [2.05, 4.69) is 9.24 Å². The summed E-state index contributed by atoms with van der Waals surface area (Å²) in [5.74, 6) is -0.660. The van der Waals surface area contributed by atoms with E-state index in [-0.39, 0.29) is 5.91 Å². The van der Waals surface area contributed by atoms with Crippen LogP contribution in [0.1, 0.15) is 30.1 Å². The lowest BCUT2D eigenvalue weighted by atomic mass is 10.2. The maximum atomic E-state index is 10.6. The van der Waals surface area contributed by atoms with Crippen LogP contribution >= 0.6 is 9.24 Å². The number of aromatic carboxylic acids is 1. The Morgan fingerprint density at radius 3 is 2.00 bits per heavy atom. The van der Waals surface area contributed by atoms with Crippen molar-refractivity contribution in [3.05, 3.63) is 29.8 Å². The molecule has 1 aliphatic heterocycles. The predicted molar refractivity (Wildman–Crippen MR) is 74.2 cm³/mol. The van der Waals surface area contributed by atoms with Gasteiger partial charge in [-0.25, -0.2) is 4.79 Å². The molecule has 1 fully saturated rings. The number of likely N-dealkylation sites (tertiary alicyclic amines) is 1. The van der Waals surface area contributed by atoms with Crippen LogP contribution in [0.2, 0.25) is 0 Å². The molecule has 1 saturated heterocycles. The van der Waals surface area contributed by atoms with Crippen LogP contribution in [0.15, 0.2) is 24.3 Å². The van der Waals surface area contributed by atoms with Crippen molar-refractivity contribution in [2.24, 2.45) is 0 Å². The average molecular weight is 267 g/mol. The Morgan fingerprint density at radius 2 is 1.67 bits per heavy atom.